The van der Waals surface area contributed by atoms with E-state index in [2.05, 4.69) is 39.9 Å². The molecule has 0 unspecified atom stereocenters. The molecular weight excluding hydrogens is 202 g/mol. The zero-order valence-electron chi connectivity index (χ0n) is 10.7. The van der Waals surface area contributed by atoms with E-state index < -0.39 is 8.32 Å². The second-order valence-corrected chi connectivity index (χ2v) is 11.1. The summed E-state index contributed by atoms with van der Waals surface area (Å²) in [4.78, 5) is 0. The molecule has 0 amide bonds. The fourth-order valence-electron chi connectivity index (χ4n) is 1.43. The average molecular weight is 225 g/mol. The zero-order valence-corrected chi connectivity index (χ0v) is 11.7. The van der Waals surface area contributed by atoms with Crippen LogP contribution in [0.4, 0.5) is 0 Å². The molecule has 0 aromatic carbocycles. The normalized spacial score (nSPS) is 20.5. The maximum Gasteiger partial charge on any atom is 0.192 e. The van der Waals surface area contributed by atoms with Crippen molar-refractivity contribution >= 4 is 8.32 Å². The largest absolute Gasteiger partial charge is 0.415 e. The van der Waals surface area contributed by atoms with Crippen LogP contribution in [0.15, 0.2) is 0 Å². The van der Waals surface area contributed by atoms with E-state index in [9.17, 15) is 0 Å². The summed E-state index contributed by atoms with van der Waals surface area (Å²) in [6, 6.07) is 2.44. The first kappa shape index (κ1) is 12.7. The van der Waals surface area contributed by atoms with Gasteiger partial charge in [-0.05, 0) is 31.0 Å². The molecule has 0 heterocycles. The Kier molecular flexibility index (Phi) is 3.32. The van der Waals surface area contributed by atoms with Gasteiger partial charge in [-0.3, -0.25) is 0 Å². The lowest BCUT2D eigenvalue weighted by Crippen LogP contribution is -2.45. The maximum absolute atomic E-state index is 9.12. The highest BCUT2D eigenvalue weighted by atomic mass is 28.4. The summed E-state index contributed by atoms with van der Waals surface area (Å²) in [5.41, 5.74) is -0.143. The van der Waals surface area contributed by atoms with Crippen LogP contribution in [-0.2, 0) is 4.43 Å². The molecular formula is C12H23NOSi. The molecule has 0 radical (unpaired) electrons. The molecule has 1 aliphatic rings. The fraction of sp³-hybridized carbons (Fsp3) is 0.917. The molecule has 86 valence electrons. The van der Waals surface area contributed by atoms with Gasteiger partial charge < -0.3 is 4.43 Å². The zero-order chi connectivity index (χ0) is 11.7. The minimum Gasteiger partial charge on any atom is -0.415 e. The third kappa shape index (κ3) is 2.62. The summed E-state index contributed by atoms with van der Waals surface area (Å²) in [5, 5.41) is 9.37. The molecule has 2 nitrogen and oxygen atoms in total. The number of rotatable bonds is 3. The summed E-state index contributed by atoms with van der Waals surface area (Å²) in [6.45, 7) is 11.9. The van der Waals surface area contributed by atoms with Crippen LogP contribution in [0.2, 0.25) is 18.1 Å². The molecule has 15 heavy (non-hydrogen) atoms. The van der Waals surface area contributed by atoms with E-state index in [1.54, 1.807) is 0 Å². The predicted octanol–water partition coefficient (Wildman–Crippen LogP) is 3.70. The topological polar surface area (TPSA) is 33.0 Å². The van der Waals surface area contributed by atoms with E-state index in [0.717, 1.165) is 12.8 Å². The van der Waals surface area contributed by atoms with Crippen LogP contribution in [0.3, 0.4) is 0 Å². The van der Waals surface area contributed by atoms with Crippen LogP contribution < -0.4 is 0 Å². The van der Waals surface area contributed by atoms with E-state index in [4.69, 9.17) is 9.69 Å². The molecule has 0 aliphatic heterocycles. The molecule has 1 aliphatic carbocycles. The van der Waals surface area contributed by atoms with Crippen LogP contribution in [0.25, 0.3) is 0 Å². The van der Waals surface area contributed by atoms with E-state index in [1.165, 1.54) is 6.42 Å². The van der Waals surface area contributed by atoms with Gasteiger partial charge in [0.15, 0.2) is 8.32 Å². The molecule has 0 aromatic heterocycles. The molecule has 0 saturated heterocycles. The molecule has 0 bridgehead atoms. The van der Waals surface area contributed by atoms with Gasteiger partial charge in [0.05, 0.1) is 18.1 Å². The average Bonchev–Trinajstić information content (AvgIpc) is 2.00. The monoisotopic (exact) mass is 225 g/mol. The highest BCUT2D eigenvalue weighted by molar-refractivity contribution is 6.74. The summed E-state index contributed by atoms with van der Waals surface area (Å²) in [5.74, 6) is 0. The molecule has 0 aromatic rings. The minimum absolute atomic E-state index is 0.143. The minimum atomic E-state index is -1.66. The Morgan fingerprint density at radius 2 is 1.87 bits per heavy atom. The Bertz CT molecular complexity index is 268. The van der Waals surface area contributed by atoms with Crippen LogP contribution in [0.1, 0.15) is 40.0 Å². The molecule has 1 fully saturated rings. The summed E-state index contributed by atoms with van der Waals surface area (Å²) >= 11 is 0. The van der Waals surface area contributed by atoms with Gasteiger partial charge in [0.25, 0.3) is 0 Å². The SMILES string of the molecule is CC(C)(C)[Si](C)(C)OCC1(C#N)CCC1. The lowest BCUT2D eigenvalue weighted by molar-refractivity contribution is 0.105. The Labute approximate surface area is 94.8 Å². The second kappa shape index (κ2) is 3.91. The Balaban J connectivity index is 2.53. The van der Waals surface area contributed by atoms with E-state index in [1.807, 2.05) is 0 Å². The molecule has 0 atom stereocenters. The van der Waals surface area contributed by atoms with Crippen molar-refractivity contribution in [1.29, 1.82) is 5.26 Å². The molecule has 0 N–H and O–H groups in total. The first-order valence-corrected chi connectivity index (χ1v) is 8.69. The van der Waals surface area contributed by atoms with Crippen LogP contribution in [0.5, 0.6) is 0 Å². The van der Waals surface area contributed by atoms with Gasteiger partial charge in [-0.25, -0.2) is 0 Å². The molecule has 1 saturated carbocycles. The van der Waals surface area contributed by atoms with Crippen molar-refractivity contribution in [2.45, 2.75) is 58.2 Å². The number of hydrogen-bond acceptors (Lipinski definition) is 2. The van der Waals surface area contributed by atoms with Gasteiger partial charge in [-0.2, -0.15) is 5.26 Å². The van der Waals surface area contributed by atoms with Gasteiger partial charge in [0, 0.05) is 0 Å². The number of nitrogens with zero attached hydrogens (tertiary/aromatic N) is 1. The van der Waals surface area contributed by atoms with Crippen molar-refractivity contribution < 1.29 is 4.43 Å². The quantitative estimate of drug-likeness (QED) is 0.686. The van der Waals surface area contributed by atoms with Gasteiger partial charge in [0.1, 0.15) is 0 Å². The second-order valence-electron chi connectivity index (χ2n) is 6.29. The fourth-order valence-corrected chi connectivity index (χ4v) is 2.50. The molecule has 0 spiro atoms. The van der Waals surface area contributed by atoms with Crippen molar-refractivity contribution in [3.05, 3.63) is 0 Å². The van der Waals surface area contributed by atoms with Crippen molar-refractivity contribution in [3.8, 4) is 6.07 Å². The van der Waals surface area contributed by atoms with Crippen molar-refractivity contribution in [1.82, 2.24) is 0 Å². The summed E-state index contributed by atoms with van der Waals surface area (Å²) in [7, 11) is -1.66. The molecule has 3 heteroatoms. The summed E-state index contributed by atoms with van der Waals surface area (Å²) < 4.78 is 6.11. The van der Waals surface area contributed by atoms with Crippen LogP contribution in [-0.4, -0.2) is 14.9 Å². The van der Waals surface area contributed by atoms with Crippen LogP contribution >= 0.6 is 0 Å². The lowest BCUT2D eigenvalue weighted by Gasteiger charge is -2.41. The van der Waals surface area contributed by atoms with E-state index in [-0.39, 0.29) is 10.5 Å². The van der Waals surface area contributed by atoms with E-state index in [0.29, 0.717) is 6.61 Å². The first-order valence-electron chi connectivity index (χ1n) is 5.78. The van der Waals surface area contributed by atoms with Gasteiger partial charge in [-0.1, -0.05) is 27.2 Å². The smallest absolute Gasteiger partial charge is 0.192 e. The van der Waals surface area contributed by atoms with Crippen molar-refractivity contribution in [2.24, 2.45) is 5.41 Å². The van der Waals surface area contributed by atoms with Gasteiger partial charge in [-0.15, -0.1) is 0 Å². The first-order chi connectivity index (χ1) is 6.72. The van der Waals surface area contributed by atoms with Crippen molar-refractivity contribution in [3.63, 3.8) is 0 Å². The Morgan fingerprint density at radius 1 is 1.33 bits per heavy atom. The Morgan fingerprint density at radius 3 is 2.13 bits per heavy atom. The lowest BCUT2D eigenvalue weighted by atomic mass is 9.71. The van der Waals surface area contributed by atoms with E-state index >= 15 is 0 Å². The van der Waals surface area contributed by atoms with Crippen LogP contribution in [0, 0.1) is 16.7 Å². The predicted molar refractivity (Wildman–Crippen MR) is 65.0 cm³/mol. The van der Waals surface area contributed by atoms with Crippen molar-refractivity contribution in [2.75, 3.05) is 6.61 Å². The summed E-state index contributed by atoms with van der Waals surface area (Å²) in [6.07, 6.45) is 3.24. The van der Waals surface area contributed by atoms with Gasteiger partial charge in [0.2, 0.25) is 0 Å². The highest BCUT2D eigenvalue weighted by Crippen LogP contribution is 2.43. The number of nitriles is 1. The third-order valence-corrected chi connectivity index (χ3v) is 8.54. The molecule has 1 rings (SSSR count). The maximum atomic E-state index is 9.12. The Hall–Kier alpha value is -0.333. The standard InChI is InChI=1S/C12H23NOSi/c1-11(2,3)15(4,5)14-10-12(9-13)7-6-8-12/h6-8,10H2,1-5H3. The number of hydrogen-bond donors (Lipinski definition) is 0. The third-order valence-electron chi connectivity index (χ3n) is 4.06. The highest BCUT2D eigenvalue weighted by Gasteiger charge is 2.43. The van der Waals surface area contributed by atoms with Gasteiger partial charge >= 0.3 is 0 Å².